The Bertz CT molecular complexity index is 1210. The van der Waals surface area contributed by atoms with E-state index in [0.717, 1.165) is 0 Å². The molecule has 3 rings (SSSR count). The number of rotatable bonds is 8. The molecule has 3 aromatic rings. The average molecular weight is 426 g/mol. The average Bonchev–Trinajstić information content (AvgIpc) is 2.76. The van der Waals surface area contributed by atoms with Crippen molar-refractivity contribution in [3.63, 3.8) is 0 Å². The van der Waals surface area contributed by atoms with E-state index in [9.17, 15) is 14.4 Å². The zero-order valence-electron chi connectivity index (χ0n) is 18.0. The molecule has 0 aliphatic carbocycles. The lowest BCUT2D eigenvalue weighted by Crippen LogP contribution is -2.34. The third-order valence-corrected chi connectivity index (χ3v) is 4.84. The van der Waals surface area contributed by atoms with Crippen molar-refractivity contribution in [1.29, 1.82) is 0 Å². The number of para-hydroxylation sites is 2. The maximum Gasteiger partial charge on any atom is 0.329 e. The molecule has 2 aromatic heterocycles. The molecule has 31 heavy (non-hydrogen) atoms. The zero-order chi connectivity index (χ0) is 22.5. The Morgan fingerprint density at radius 2 is 1.94 bits per heavy atom. The Hall–Kier alpha value is -3.62. The highest BCUT2D eigenvalue weighted by Crippen LogP contribution is 2.25. The van der Waals surface area contributed by atoms with Crippen molar-refractivity contribution >= 4 is 16.9 Å². The summed E-state index contributed by atoms with van der Waals surface area (Å²) in [6.07, 6.45) is 0. The highest BCUT2D eigenvalue weighted by molar-refractivity contribution is 6.05. The summed E-state index contributed by atoms with van der Waals surface area (Å²) < 4.78 is 12.3. The zero-order valence-corrected chi connectivity index (χ0v) is 18.0. The number of carbonyl (C=O) groups is 1. The maximum absolute atomic E-state index is 12.9. The Morgan fingerprint density at radius 1 is 1.23 bits per heavy atom. The summed E-state index contributed by atoms with van der Waals surface area (Å²) >= 11 is 0. The molecule has 0 radical (unpaired) electrons. The number of nitrogens with one attached hydrogen (secondary N) is 2. The molecule has 0 fully saturated rings. The summed E-state index contributed by atoms with van der Waals surface area (Å²) in [5.74, 6) is 0.730. The number of hydrogen-bond acceptors (Lipinski definition) is 6. The number of methoxy groups -OCH3 is 1. The molecule has 0 atom stereocenters. The first-order valence-corrected chi connectivity index (χ1v) is 10.1. The maximum atomic E-state index is 12.9. The number of aromatic nitrogens is 3. The van der Waals surface area contributed by atoms with Gasteiger partial charge in [-0.25, -0.2) is 9.78 Å². The second kappa shape index (κ2) is 9.46. The molecule has 0 spiro atoms. The monoisotopic (exact) mass is 426 g/mol. The number of pyridine rings is 1. The third-order valence-electron chi connectivity index (χ3n) is 4.84. The molecule has 2 N–H and O–H groups in total. The molecule has 0 saturated heterocycles. The van der Waals surface area contributed by atoms with Gasteiger partial charge in [-0.15, -0.1) is 0 Å². The first-order valence-electron chi connectivity index (χ1n) is 10.1. The fourth-order valence-corrected chi connectivity index (χ4v) is 3.22. The van der Waals surface area contributed by atoms with Gasteiger partial charge in [-0.3, -0.25) is 19.1 Å². The molecule has 0 aliphatic rings. The van der Waals surface area contributed by atoms with Crippen LogP contribution >= 0.6 is 0 Å². The Kier molecular flexibility index (Phi) is 6.74. The van der Waals surface area contributed by atoms with Crippen LogP contribution in [0.25, 0.3) is 11.0 Å². The van der Waals surface area contributed by atoms with Crippen molar-refractivity contribution in [3.8, 4) is 11.5 Å². The number of nitrogens with zero attached hydrogens (tertiary/aromatic N) is 2. The van der Waals surface area contributed by atoms with Crippen LogP contribution in [0.4, 0.5) is 0 Å². The minimum absolute atomic E-state index is 0.00419. The molecular weight excluding hydrogens is 400 g/mol. The molecule has 0 unspecified atom stereocenters. The van der Waals surface area contributed by atoms with Gasteiger partial charge in [0.05, 0.1) is 24.6 Å². The van der Waals surface area contributed by atoms with Gasteiger partial charge in [-0.1, -0.05) is 26.0 Å². The standard InChI is InChI=1S/C22H26N4O5/c1-5-26-19-18(21(28)25-22(26)29)14(12-15(24-19)13(2)3)20(27)23-10-11-31-17-9-7-6-8-16(17)30-4/h6-9,12-13H,5,10-11H2,1-4H3,(H,23,27)(H,25,28,29). The first-order chi connectivity index (χ1) is 14.9. The SMILES string of the molecule is CCn1c(=O)[nH]c(=O)c2c(C(=O)NCCOc3ccccc3OC)cc(C(C)C)nc21. The van der Waals surface area contributed by atoms with E-state index in [-0.39, 0.29) is 35.7 Å². The Balaban J connectivity index is 1.88. The van der Waals surface area contributed by atoms with E-state index in [1.54, 1.807) is 32.2 Å². The van der Waals surface area contributed by atoms with E-state index in [1.807, 2.05) is 26.0 Å². The summed E-state index contributed by atoms with van der Waals surface area (Å²) in [4.78, 5) is 44.4. The molecule has 2 heterocycles. The second-order valence-corrected chi connectivity index (χ2v) is 7.21. The smallest absolute Gasteiger partial charge is 0.329 e. The molecule has 1 amide bonds. The van der Waals surface area contributed by atoms with E-state index >= 15 is 0 Å². The summed E-state index contributed by atoms with van der Waals surface area (Å²) in [5, 5.41) is 2.86. The topological polar surface area (TPSA) is 115 Å². The molecule has 1 aromatic carbocycles. The summed E-state index contributed by atoms with van der Waals surface area (Å²) in [7, 11) is 1.55. The molecule has 0 bridgehead atoms. The number of hydrogen-bond donors (Lipinski definition) is 2. The lowest BCUT2D eigenvalue weighted by Gasteiger charge is -2.14. The van der Waals surface area contributed by atoms with Gasteiger partial charge in [-0.05, 0) is 31.0 Å². The molecule has 0 saturated carbocycles. The van der Waals surface area contributed by atoms with E-state index in [2.05, 4.69) is 15.3 Å². The van der Waals surface area contributed by atoms with Crippen LogP contribution < -0.4 is 26.0 Å². The lowest BCUT2D eigenvalue weighted by molar-refractivity contribution is 0.0948. The summed E-state index contributed by atoms with van der Waals surface area (Å²) in [6.45, 7) is 6.37. The number of ether oxygens (including phenoxy) is 2. The van der Waals surface area contributed by atoms with E-state index < -0.39 is 17.2 Å². The number of fused-ring (bicyclic) bond motifs is 1. The number of amides is 1. The van der Waals surface area contributed by atoms with Crippen LogP contribution in [0.15, 0.2) is 39.9 Å². The van der Waals surface area contributed by atoms with Crippen LogP contribution in [0.1, 0.15) is 42.7 Å². The van der Waals surface area contributed by atoms with E-state index in [1.165, 1.54) is 4.57 Å². The molecular formula is C22H26N4O5. The van der Waals surface area contributed by atoms with Crippen molar-refractivity contribution < 1.29 is 14.3 Å². The van der Waals surface area contributed by atoms with Crippen molar-refractivity contribution in [2.24, 2.45) is 0 Å². The van der Waals surface area contributed by atoms with Crippen LogP contribution in [0, 0.1) is 0 Å². The van der Waals surface area contributed by atoms with Gasteiger partial charge in [0.15, 0.2) is 17.1 Å². The third kappa shape index (κ3) is 4.60. The van der Waals surface area contributed by atoms with Crippen LogP contribution in [0.2, 0.25) is 0 Å². The highest BCUT2D eigenvalue weighted by Gasteiger charge is 2.20. The van der Waals surface area contributed by atoms with Gasteiger partial charge >= 0.3 is 5.69 Å². The van der Waals surface area contributed by atoms with Crippen molar-refractivity contribution in [1.82, 2.24) is 19.9 Å². The molecule has 0 aliphatic heterocycles. The summed E-state index contributed by atoms with van der Waals surface area (Å²) in [5.41, 5.74) is -0.185. The van der Waals surface area contributed by atoms with Crippen molar-refractivity contribution in [3.05, 3.63) is 62.4 Å². The van der Waals surface area contributed by atoms with Gasteiger partial charge in [0.1, 0.15) is 6.61 Å². The molecule has 9 nitrogen and oxygen atoms in total. The predicted octanol–water partition coefficient (Wildman–Crippen LogP) is 2.05. The van der Waals surface area contributed by atoms with Crippen LogP contribution in [0.3, 0.4) is 0 Å². The number of H-pyrrole nitrogens is 1. The van der Waals surface area contributed by atoms with Crippen LogP contribution in [0.5, 0.6) is 11.5 Å². The fraction of sp³-hybridized carbons (Fsp3) is 0.364. The highest BCUT2D eigenvalue weighted by atomic mass is 16.5. The van der Waals surface area contributed by atoms with Crippen LogP contribution in [-0.2, 0) is 6.54 Å². The fourth-order valence-electron chi connectivity index (χ4n) is 3.22. The van der Waals surface area contributed by atoms with E-state index in [4.69, 9.17) is 9.47 Å². The Morgan fingerprint density at radius 3 is 2.58 bits per heavy atom. The van der Waals surface area contributed by atoms with Gasteiger partial charge in [0.25, 0.3) is 11.5 Å². The van der Waals surface area contributed by atoms with Gasteiger partial charge < -0.3 is 14.8 Å². The first kappa shape index (κ1) is 22.1. The minimum Gasteiger partial charge on any atom is -0.493 e. The Labute approximate surface area is 179 Å². The summed E-state index contributed by atoms with van der Waals surface area (Å²) in [6, 6.07) is 8.82. The number of benzene rings is 1. The largest absolute Gasteiger partial charge is 0.493 e. The predicted molar refractivity (Wildman–Crippen MR) is 117 cm³/mol. The van der Waals surface area contributed by atoms with Gasteiger partial charge in [0, 0.05) is 12.2 Å². The van der Waals surface area contributed by atoms with Crippen LogP contribution in [-0.4, -0.2) is 40.7 Å². The van der Waals surface area contributed by atoms with Crippen molar-refractivity contribution in [2.75, 3.05) is 20.3 Å². The second-order valence-electron chi connectivity index (χ2n) is 7.21. The van der Waals surface area contributed by atoms with Crippen molar-refractivity contribution in [2.45, 2.75) is 33.2 Å². The van der Waals surface area contributed by atoms with E-state index in [0.29, 0.717) is 23.7 Å². The lowest BCUT2D eigenvalue weighted by atomic mass is 10.0. The number of aryl methyl sites for hydroxylation is 1. The molecule has 9 heteroatoms. The minimum atomic E-state index is -0.636. The van der Waals surface area contributed by atoms with Gasteiger partial charge in [-0.2, -0.15) is 0 Å². The number of aromatic amines is 1. The number of carbonyl (C=O) groups excluding carboxylic acids is 1. The molecule has 164 valence electrons. The van der Waals surface area contributed by atoms with Gasteiger partial charge in [0.2, 0.25) is 0 Å². The quantitative estimate of drug-likeness (QED) is 0.533. The normalized spacial score (nSPS) is 11.0.